The smallest absolute Gasteiger partial charge is 0.303 e. The summed E-state index contributed by atoms with van der Waals surface area (Å²) in [7, 11) is 0. The minimum absolute atomic E-state index is 0.0110. The predicted octanol–water partition coefficient (Wildman–Crippen LogP) is 3.12. The molecule has 0 radical (unpaired) electrons. The van der Waals surface area contributed by atoms with Gasteiger partial charge < -0.3 is 5.11 Å². The highest BCUT2D eigenvalue weighted by Gasteiger charge is 2.35. The minimum atomic E-state index is -0.898. The van der Waals surface area contributed by atoms with Gasteiger partial charge in [-0.05, 0) is 30.6 Å². The molecule has 1 heterocycles. The molecule has 0 bridgehead atoms. The van der Waals surface area contributed by atoms with Crippen molar-refractivity contribution < 1.29 is 19.6 Å². The molecule has 1 aromatic carbocycles. The first-order chi connectivity index (χ1) is 11.9. The Morgan fingerprint density at radius 3 is 2.44 bits per heavy atom. The number of allylic oxidation sites excluding steroid dienone is 1. The lowest BCUT2D eigenvalue weighted by Gasteiger charge is -2.23. The Bertz CT molecular complexity index is 695. The Hall–Kier alpha value is -2.83. The van der Waals surface area contributed by atoms with Crippen LogP contribution < -0.4 is 0 Å². The van der Waals surface area contributed by atoms with Crippen molar-refractivity contribution in [3.63, 3.8) is 0 Å². The normalized spacial score (nSPS) is 18.4. The van der Waals surface area contributed by atoms with E-state index in [9.17, 15) is 19.7 Å². The third-order valence-electron chi connectivity index (χ3n) is 4.21. The first kappa shape index (κ1) is 18.5. The number of nitrogens with zero attached hydrogens (tertiary/aromatic N) is 2. The van der Waals surface area contributed by atoms with E-state index in [1.165, 1.54) is 12.1 Å². The molecule has 25 heavy (non-hydrogen) atoms. The van der Waals surface area contributed by atoms with Crippen molar-refractivity contribution in [1.29, 1.82) is 0 Å². The largest absolute Gasteiger partial charge is 0.481 e. The second-order valence-corrected chi connectivity index (χ2v) is 6.04. The van der Waals surface area contributed by atoms with Crippen LogP contribution >= 0.6 is 0 Å². The fourth-order valence-electron chi connectivity index (χ4n) is 2.80. The summed E-state index contributed by atoms with van der Waals surface area (Å²) >= 11 is 0. The van der Waals surface area contributed by atoms with Crippen LogP contribution in [0, 0.1) is 10.1 Å². The fourth-order valence-corrected chi connectivity index (χ4v) is 2.80. The summed E-state index contributed by atoms with van der Waals surface area (Å²) in [5.41, 5.74) is -0.204. The van der Waals surface area contributed by atoms with Gasteiger partial charge in [0.05, 0.1) is 4.92 Å². The van der Waals surface area contributed by atoms with Crippen LogP contribution in [0.3, 0.4) is 0 Å². The van der Waals surface area contributed by atoms with Crippen molar-refractivity contribution in [2.24, 2.45) is 4.99 Å². The number of benzene rings is 1. The molecule has 0 saturated heterocycles. The molecule has 0 fully saturated rings. The Kier molecular flexibility index (Phi) is 6.16. The Balaban J connectivity index is 1.95. The number of unbranched alkanes of at least 4 members (excludes halogenated alkanes) is 2. The first-order valence-corrected chi connectivity index (χ1v) is 8.14. The van der Waals surface area contributed by atoms with Crippen LogP contribution in [0.25, 0.3) is 0 Å². The van der Waals surface area contributed by atoms with E-state index in [-0.39, 0.29) is 24.3 Å². The second kappa shape index (κ2) is 8.32. The lowest BCUT2D eigenvalue weighted by atomic mass is 9.85. The van der Waals surface area contributed by atoms with E-state index >= 15 is 0 Å². The molecule has 0 amide bonds. The molecule has 0 spiro atoms. The number of aliphatic carboxylic acids is 1. The van der Waals surface area contributed by atoms with Gasteiger partial charge in [-0.25, -0.2) is 0 Å². The Morgan fingerprint density at radius 2 is 1.88 bits per heavy atom. The number of hydrogen-bond donors (Lipinski definition) is 1. The van der Waals surface area contributed by atoms with E-state index in [0.717, 1.165) is 6.42 Å². The molecule has 0 aromatic heterocycles. The van der Waals surface area contributed by atoms with Gasteiger partial charge in [0, 0.05) is 31.2 Å². The van der Waals surface area contributed by atoms with Crippen molar-refractivity contribution in [3.05, 3.63) is 52.1 Å². The van der Waals surface area contributed by atoms with Crippen LogP contribution in [-0.4, -0.2) is 33.5 Å². The molecule has 1 aromatic rings. The number of hydrogen-bond acceptors (Lipinski definition) is 5. The van der Waals surface area contributed by atoms with Gasteiger partial charge in [-0.3, -0.25) is 24.7 Å². The molecule has 1 atom stereocenters. The van der Waals surface area contributed by atoms with Gasteiger partial charge in [0.2, 0.25) is 0 Å². The number of carbonyl (C=O) groups is 2. The maximum Gasteiger partial charge on any atom is 0.303 e. The van der Waals surface area contributed by atoms with Crippen LogP contribution in [0.2, 0.25) is 0 Å². The van der Waals surface area contributed by atoms with E-state index in [1.807, 2.05) is 0 Å². The molecule has 7 nitrogen and oxygen atoms in total. The van der Waals surface area contributed by atoms with Gasteiger partial charge in [0.15, 0.2) is 5.78 Å². The number of nitro groups is 1. The standard InChI is InChI=1S/C18H20N2O5/c21-16(13-14-6-8-15(9-7-14)20(24)25)18(11-4-12-19-18)10-3-1-2-5-17(22)23/h4,6-9,11-12H,1-3,5,10,13H2,(H,22,23). The van der Waals surface area contributed by atoms with Gasteiger partial charge in [-0.2, -0.15) is 0 Å². The Morgan fingerprint density at radius 1 is 1.16 bits per heavy atom. The van der Waals surface area contributed by atoms with Crippen molar-refractivity contribution in [1.82, 2.24) is 0 Å². The number of nitro benzene ring substituents is 1. The van der Waals surface area contributed by atoms with E-state index < -0.39 is 16.4 Å². The van der Waals surface area contributed by atoms with Crippen LogP contribution in [0.1, 0.15) is 37.7 Å². The number of aliphatic imine (C=N–C) groups is 1. The fraction of sp³-hybridized carbons (Fsp3) is 0.389. The lowest BCUT2D eigenvalue weighted by Crippen LogP contribution is -2.34. The highest BCUT2D eigenvalue weighted by atomic mass is 16.6. The van der Waals surface area contributed by atoms with Crippen LogP contribution in [0.4, 0.5) is 5.69 Å². The number of ketones is 1. The SMILES string of the molecule is O=C(O)CCCCCC1(C(=O)Cc2ccc([N+](=O)[O-])cc2)C=CC=N1. The highest BCUT2D eigenvalue weighted by molar-refractivity contribution is 5.97. The van der Waals surface area contributed by atoms with Crippen molar-refractivity contribution in [3.8, 4) is 0 Å². The minimum Gasteiger partial charge on any atom is -0.481 e. The van der Waals surface area contributed by atoms with Crippen molar-refractivity contribution >= 4 is 23.7 Å². The van der Waals surface area contributed by atoms with Crippen LogP contribution in [-0.2, 0) is 16.0 Å². The number of carboxylic acids is 1. The summed E-state index contributed by atoms with van der Waals surface area (Å²) in [6.45, 7) is 0. The van der Waals surface area contributed by atoms with Crippen LogP contribution in [0.15, 0.2) is 41.4 Å². The van der Waals surface area contributed by atoms with E-state index in [4.69, 9.17) is 5.11 Å². The highest BCUT2D eigenvalue weighted by Crippen LogP contribution is 2.28. The zero-order chi connectivity index (χ0) is 18.3. The average Bonchev–Trinajstić information content (AvgIpc) is 3.05. The number of carbonyl (C=O) groups excluding carboxylic acids is 1. The molecular formula is C18H20N2O5. The first-order valence-electron chi connectivity index (χ1n) is 8.14. The number of non-ortho nitro benzene ring substituents is 1. The van der Waals surface area contributed by atoms with Gasteiger partial charge in [-0.15, -0.1) is 0 Å². The van der Waals surface area contributed by atoms with Crippen molar-refractivity contribution in [2.75, 3.05) is 0 Å². The summed E-state index contributed by atoms with van der Waals surface area (Å²) in [5.74, 6) is -0.882. The molecule has 1 aliphatic rings. The van der Waals surface area contributed by atoms with Crippen molar-refractivity contribution in [2.45, 2.75) is 44.1 Å². The van der Waals surface area contributed by atoms with E-state index in [0.29, 0.717) is 24.8 Å². The van der Waals surface area contributed by atoms with Crippen LogP contribution in [0.5, 0.6) is 0 Å². The molecule has 1 aliphatic heterocycles. The summed E-state index contributed by atoms with van der Waals surface area (Å²) in [5, 5.41) is 19.3. The quantitative estimate of drug-likeness (QED) is 0.398. The average molecular weight is 344 g/mol. The zero-order valence-electron chi connectivity index (χ0n) is 13.8. The molecule has 7 heteroatoms. The molecule has 0 aliphatic carbocycles. The maximum absolute atomic E-state index is 12.7. The third kappa shape index (κ3) is 5.07. The maximum atomic E-state index is 12.7. The number of Topliss-reactive ketones (excluding diaryl/α,β-unsaturated/α-hetero) is 1. The molecule has 132 valence electrons. The van der Waals surface area contributed by atoms with E-state index in [1.54, 1.807) is 30.5 Å². The molecular weight excluding hydrogens is 324 g/mol. The zero-order valence-corrected chi connectivity index (χ0v) is 13.8. The summed E-state index contributed by atoms with van der Waals surface area (Å²) in [6.07, 6.45) is 7.94. The lowest BCUT2D eigenvalue weighted by molar-refractivity contribution is -0.384. The molecule has 1 unspecified atom stereocenters. The van der Waals surface area contributed by atoms with Gasteiger partial charge in [0.25, 0.3) is 5.69 Å². The van der Waals surface area contributed by atoms with Gasteiger partial charge in [-0.1, -0.05) is 25.0 Å². The predicted molar refractivity (Wildman–Crippen MR) is 92.9 cm³/mol. The summed E-state index contributed by atoms with van der Waals surface area (Å²) in [6, 6.07) is 5.93. The second-order valence-electron chi connectivity index (χ2n) is 6.04. The number of rotatable bonds is 10. The van der Waals surface area contributed by atoms with E-state index in [2.05, 4.69) is 4.99 Å². The monoisotopic (exact) mass is 344 g/mol. The summed E-state index contributed by atoms with van der Waals surface area (Å²) in [4.78, 5) is 37.8. The molecule has 1 N–H and O–H groups in total. The molecule has 0 saturated carbocycles. The number of carboxylic acid groups (broad SMARTS) is 1. The van der Waals surface area contributed by atoms with Gasteiger partial charge >= 0.3 is 5.97 Å². The Labute approximate surface area is 145 Å². The third-order valence-corrected chi connectivity index (χ3v) is 4.21. The summed E-state index contributed by atoms with van der Waals surface area (Å²) < 4.78 is 0. The topological polar surface area (TPSA) is 110 Å². The van der Waals surface area contributed by atoms with Gasteiger partial charge in [0.1, 0.15) is 5.54 Å². The molecule has 2 rings (SSSR count).